The molecule has 1 aliphatic heterocycles. The number of hydrogen-bond acceptors (Lipinski definition) is 4. The molecule has 19 heavy (non-hydrogen) atoms. The maximum atomic E-state index is 11.7. The van der Waals surface area contributed by atoms with E-state index in [0.717, 1.165) is 5.56 Å². The summed E-state index contributed by atoms with van der Waals surface area (Å²) in [5, 5.41) is 2.23. The molecule has 0 bridgehead atoms. The molecule has 1 fully saturated rings. The lowest BCUT2D eigenvalue weighted by Gasteiger charge is -2.30. The minimum atomic E-state index is -0.616. The van der Waals surface area contributed by atoms with E-state index in [-0.39, 0.29) is 18.9 Å². The number of benzene rings is 1. The number of nitrogens with two attached hydrogens (primary N) is 1. The van der Waals surface area contributed by atoms with Crippen LogP contribution in [0.25, 0.3) is 0 Å². The second-order valence-corrected chi connectivity index (χ2v) is 4.44. The van der Waals surface area contributed by atoms with E-state index in [1.54, 1.807) is 18.2 Å². The summed E-state index contributed by atoms with van der Waals surface area (Å²) in [6.07, 6.45) is 1.20. The molecule has 1 aromatic carbocycles. The number of para-hydroxylation sites is 1. The zero-order chi connectivity index (χ0) is 13.8. The summed E-state index contributed by atoms with van der Waals surface area (Å²) in [5.74, 6) is -0.732. The van der Waals surface area contributed by atoms with Crippen LogP contribution in [0.15, 0.2) is 24.3 Å². The Labute approximate surface area is 110 Å². The van der Waals surface area contributed by atoms with Gasteiger partial charge in [-0.1, -0.05) is 18.2 Å². The Morgan fingerprint density at radius 3 is 2.74 bits per heavy atom. The van der Waals surface area contributed by atoms with Gasteiger partial charge in [-0.3, -0.25) is 19.7 Å². The highest BCUT2D eigenvalue weighted by molar-refractivity contribution is 6.00. The number of hydrogen-bond donors (Lipinski definition) is 2. The van der Waals surface area contributed by atoms with E-state index in [0.29, 0.717) is 18.5 Å². The number of nitrogens with zero attached hydrogens (tertiary/aromatic N) is 1. The van der Waals surface area contributed by atoms with Gasteiger partial charge >= 0.3 is 0 Å². The molecule has 1 aliphatic rings. The minimum absolute atomic E-state index is 0.241. The Balaban J connectivity index is 2.12. The zero-order valence-electron chi connectivity index (χ0n) is 10.3. The molecule has 0 aromatic heterocycles. The number of carbonyl (C=O) groups excluding carboxylic acids is 3. The van der Waals surface area contributed by atoms with Gasteiger partial charge < -0.3 is 10.6 Å². The van der Waals surface area contributed by atoms with Gasteiger partial charge in [-0.25, -0.2) is 0 Å². The second kappa shape index (κ2) is 5.51. The van der Waals surface area contributed by atoms with Crippen molar-refractivity contribution < 1.29 is 14.4 Å². The molecule has 100 valence electrons. The van der Waals surface area contributed by atoms with Crippen LogP contribution in [0.4, 0.5) is 5.69 Å². The van der Waals surface area contributed by atoms with Crippen molar-refractivity contribution in [1.82, 2.24) is 10.2 Å². The number of rotatable bonds is 4. The van der Waals surface area contributed by atoms with E-state index >= 15 is 0 Å². The Morgan fingerprint density at radius 2 is 2.11 bits per heavy atom. The number of amides is 3. The number of nitrogen functional groups attached to an aromatic ring is 1. The second-order valence-electron chi connectivity index (χ2n) is 4.44. The molecule has 2 rings (SSSR count). The molecule has 6 heteroatoms. The van der Waals surface area contributed by atoms with Gasteiger partial charge in [-0.2, -0.15) is 0 Å². The summed E-state index contributed by atoms with van der Waals surface area (Å²) in [4.78, 5) is 35.3. The molecule has 6 nitrogen and oxygen atoms in total. The normalized spacial score (nSPS) is 18.8. The summed E-state index contributed by atoms with van der Waals surface area (Å²) in [6.45, 7) is 0.252. The molecule has 0 radical (unpaired) electrons. The first-order valence-corrected chi connectivity index (χ1v) is 6.00. The average molecular weight is 261 g/mol. The van der Waals surface area contributed by atoms with Crippen molar-refractivity contribution in [2.75, 3.05) is 5.73 Å². The molecule has 1 unspecified atom stereocenters. The van der Waals surface area contributed by atoms with Crippen molar-refractivity contribution in [3.8, 4) is 0 Å². The van der Waals surface area contributed by atoms with E-state index in [2.05, 4.69) is 5.32 Å². The largest absolute Gasteiger partial charge is 0.398 e. The minimum Gasteiger partial charge on any atom is -0.398 e. The first kappa shape index (κ1) is 13.1. The Bertz CT molecular complexity index is 516. The topological polar surface area (TPSA) is 92.5 Å². The lowest BCUT2D eigenvalue weighted by Crippen LogP contribution is -2.51. The van der Waals surface area contributed by atoms with Gasteiger partial charge in [0, 0.05) is 18.7 Å². The lowest BCUT2D eigenvalue weighted by atomic mass is 10.0. The van der Waals surface area contributed by atoms with Gasteiger partial charge in [-0.05, 0) is 18.1 Å². The van der Waals surface area contributed by atoms with Gasteiger partial charge in [0.25, 0.3) is 0 Å². The molecule has 1 heterocycles. The smallest absolute Gasteiger partial charge is 0.249 e. The monoisotopic (exact) mass is 261 g/mol. The van der Waals surface area contributed by atoms with Crippen LogP contribution in [0.1, 0.15) is 18.4 Å². The SMILES string of the molecule is Nc1ccccc1CN(C=O)C1CCC(=O)NC1=O. The molecular weight excluding hydrogens is 246 g/mol. The lowest BCUT2D eigenvalue weighted by molar-refractivity contribution is -0.141. The first-order valence-electron chi connectivity index (χ1n) is 6.00. The van der Waals surface area contributed by atoms with Crippen LogP contribution in [0.2, 0.25) is 0 Å². The third kappa shape index (κ3) is 2.90. The number of imide groups is 1. The fourth-order valence-electron chi connectivity index (χ4n) is 2.09. The van der Waals surface area contributed by atoms with Crippen LogP contribution in [0.5, 0.6) is 0 Å². The fourth-order valence-corrected chi connectivity index (χ4v) is 2.09. The molecule has 3 amide bonds. The van der Waals surface area contributed by atoms with Gasteiger partial charge in [0.1, 0.15) is 6.04 Å². The zero-order valence-corrected chi connectivity index (χ0v) is 10.3. The summed E-state index contributed by atoms with van der Waals surface area (Å²) in [6, 6.07) is 6.55. The number of carbonyl (C=O) groups is 3. The summed E-state index contributed by atoms with van der Waals surface area (Å²) in [7, 11) is 0. The van der Waals surface area contributed by atoms with Crippen LogP contribution in [0.3, 0.4) is 0 Å². The quantitative estimate of drug-likeness (QED) is 0.454. The third-order valence-electron chi connectivity index (χ3n) is 3.15. The summed E-state index contributed by atoms with van der Waals surface area (Å²) >= 11 is 0. The van der Waals surface area contributed by atoms with E-state index in [9.17, 15) is 14.4 Å². The highest BCUT2D eigenvalue weighted by Gasteiger charge is 2.31. The van der Waals surface area contributed by atoms with E-state index in [1.165, 1.54) is 4.90 Å². The average Bonchev–Trinajstić information content (AvgIpc) is 2.39. The number of piperidine rings is 1. The Kier molecular flexibility index (Phi) is 3.79. The number of anilines is 1. The first-order chi connectivity index (χ1) is 9.11. The van der Waals surface area contributed by atoms with Crippen LogP contribution >= 0.6 is 0 Å². The van der Waals surface area contributed by atoms with Gasteiger partial charge in [-0.15, -0.1) is 0 Å². The van der Waals surface area contributed by atoms with Crippen molar-refractivity contribution in [3.05, 3.63) is 29.8 Å². The van der Waals surface area contributed by atoms with Gasteiger partial charge in [0.2, 0.25) is 18.2 Å². The Morgan fingerprint density at radius 1 is 1.37 bits per heavy atom. The molecule has 1 aromatic rings. The summed E-state index contributed by atoms with van der Waals surface area (Å²) in [5.41, 5.74) is 7.16. The molecule has 0 spiro atoms. The highest BCUT2D eigenvalue weighted by atomic mass is 16.2. The molecular formula is C13H15N3O3. The molecule has 0 saturated carbocycles. The van der Waals surface area contributed by atoms with Crippen LogP contribution in [-0.4, -0.2) is 29.2 Å². The predicted molar refractivity (Wildman–Crippen MR) is 68.6 cm³/mol. The maximum Gasteiger partial charge on any atom is 0.249 e. The van der Waals surface area contributed by atoms with Gasteiger partial charge in [0.15, 0.2) is 0 Å². The van der Waals surface area contributed by atoms with E-state index in [4.69, 9.17) is 5.73 Å². The van der Waals surface area contributed by atoms with Crippen molar-refractivity contribution in [2.45, 2.75) is 25.4 Å². The van der Waals surface area contributed by atoms with Crippen molar-refractivity contribution in [3.63, 3.8) is 0 Å². The van der Waals surface area contributed by atoms with Gasteiger partial charge in [0.05, 0.1) is 0 Å². The standard InChI is InChI=1S/C13H15N3O3/c14-10-4-2-1-3-9(10)7-16(8-17)11-5-6-12(18)15-13(11)19/h1-4,8,11H,5-7,14H2,(H,15,18,19). The molecule has 0 aliphatic carbocycles. The molecule has 1 saturated heterocycles. The molecule has 1 atom stereocenters. The van der Waals surface area contributed by atoms with Crippen LogP contribution in [-0.2, 0) is 20.9 Å². The highest BCUT2D eigenvalue weighted by Crippen LogP contribution is 2.17. The Hall–Kier alpha value is -2.37. The van der Waals surface area contributed by atoms with E-state index in [1.807, 2.05) is 6.07 Å². The van der Waals surface area contributed by atoms with Crippen LogP contribution < -0.4 is 11.1 Å². The predicted octanol–water partition coefficient (Wildman–Crippen LogP) is 0.0324. The number of nitrogens with one attached hydrogen (secondary N) is 1. The fraction of sp³-hybridized carbons (Fsp3) is 0.308. The van der Waals surface area contributed by atoms with E-state index < -0.39 is 11.9 Å². The van der Waals surface area contributed by atoms with Crippen molar-refractivity contribution in [1.29, 1.82) is 0 Å². The maximum absolute atomic E-state index is 11.7. The third-order valence-corrected chi connectivity index (χ3v) is 3.15. The molecule has 3 N–H and O–H groups in total. The van der Waals surface area contributed by atoms with Crippen LogP contribution in [0, 0.1) is 0 Å². The summed E-state index contributed by atoms with van der Waals surface area (Å²) < 4.78 is 0. The van der Waals surface area contributed by atoms with Crippen molar-refractivity contribution >= 4 is 23.9 Å². The van der Waals surface area contributed by atoms with Crippen molar-refractivity contribution in [2.24, 2.45) is 0 Å².